The van der Waals surface area contributed by atoms with Gasteiger partial charge in [-0.2, -0.15) is 0 Å². The highest BCUT2D eigenvalue weighted by atomic mass is 19.1. The lowest BCUT2D eigenvalue weighted by Crippen LogP contribution is -2.14. The number of aryl methyl sites for hydroxylation is 1. The second-order valence-electron chi connectivity index (χ2n) is 2.06. The molecule has 5 heteroatoms. The maximum absolute atomic E-state index is 12.7. The summed E-state index contributed by atoms with van der Waals surface area (Å²) in [4.78, 5) is 13.8. The number of carbonyl (C=O) groups is 1. The van der Waals surface area contributed by atoms with Crippen LogP contribution in [0.2, 0.25) is 0 Å². The number of hydrogen-bond donors (Lipinski definition) is 1. The molecule has 1 aromatic rings. The summed E-state index contributed by atoms with van der Waals surface area (Å²) in [7, 11) is 0. The molecule has 1 atom stereocenters. The van der Waals surface area contributed by atoms with Crippen molar-refractivity contribution >= 4 is 5.97 Å². The van der Waals surface area contributed by atoms with Gasteiger partial charge in [-0.25, -0.2) is 14.2 Å². The van der Waals surface area contributed by atoms with Crippen LogP contribution >= 0.6 is 0 Å². The van der Waals surface area contributed by atoms with E-state index in [2.05, 4.69) is 4.98 Å². The third kappa shape index (κ3) is 1.36. The van der Waals surface area contributed by atoms with E-state index in [-0.39, 0.29) is 0 Å². The minimum absolute atomic E-state index is 0.347. The van der Waals surface area contributed by atoms with E-state index in [9.17, 15) is 9.18 Å². The van der Waals surface area contributed by atoms with Crippen LogP contribution in [0.5, 0.6) is 0 Å². The van der Waals surface area contributed by atoms with Crippen LogP contribution in [0.3, 0.4) is 0 Å². The highest BCUT2D eigenvalue weighted by molar-refractivity contribution is 5.70. The van der Waals surface area contributed by atoms with Crippen LogP contribution in [-0.2, 0) is 4.79 Å². The van der Waals surface area contributed by atoms with Crippen LogP contribution in [-0.4, -0.2) is 20.6 Å². The predicted molar refractivity (Wildman–Crippen MR) is 34.7 cm³/mol. The van der Waals surface area contributed by atoms with Gasteiger partial charge < -0.3 is 5.11 Å². The molecular weight excluding hydrogens is 151 g/mol. The molecular formula is C6H7FN2O2. The summed E-state index contributed by atoms with van der Waals surface area (Å²) in [5.74, 6) is -1.16. The third-order valence-electron chi connectivity index (χ3n) is 1.31. The summed E-state index contributed by atoms with van der Waals surface area (Å²) in [5.41, 5.74) is 0. The average molecular weight is 158 g/mol. The van der Waals surface area contributed by atoms with Crippen LogP contribution in [0.25, 0.3) is 0 Å². The van der Waals surface area contributed by atoms with E-state index in [1.807, 2.05) is 0 Å². The van der Waals surface area contributed by atoms with Gasteiger partial charge in [0.2, 0.25) is 0 Å². The van der Waals surface area contributed by atoms with Gasteiger partial charge in [-0.1, -0.05) is 0 Å². The Morgan fingerprint density at radius 2 is 2.55 bits per heavy atom. The highest BCUT2D eigenvalue weighted by Gasteiger charge is 2.18. The molecule has 0 aliphatic carbocycles. The normalized spacial score (nSPS) is 12.9. The summed E-state index contributed by atoms with van der Waals surface area (Å²) in [6, 6.07) is 0. The fourth-order valence-electron chi connectivity index (χ4n) is 0.746. The number of carboxylic acid groups (broad SMARTS) is 1. The smallest absolute Gasteiger partial charge is 0.359 e. The van der Waals surface area contributed by atoms with E-state index in [4.69, 9.17) is 5.11 Å². The van der Waals surface area contributed by atoms with Crippen molar-refractivity contribution in [2.75, 3.05) is 0 Å². The molecule has 1 heterocycles. The molecule has 0 aromatic carbocycles. The van der Waals surface area contributed by atoms with Crippen LogP contribution in [0.15, 0.2) is 12.4 Å². The van der Waals surface area contributed by atoms with E-state index >= 15 is 0 Å². The number of alkyl halides is 1. The molecule has 0 aliphatic rings. The Kier molecular flexibility index (Phi) is 1.89. The molecule has 1 unspecified atom stereocenters. The summed E-state index contributed by atoms with van der Waals surface area (Å²) in [6.07, 6.45) is 0.608. The SMILES string of the molecule is Cc1nccn1C(F)C(=O)O. The molecule has 0 spiro atoms. The first-order chi connectivity index (χ1) is 5.13. The Hall–Kier alpha value is -1.39. The number of nitrogens with zero attached hydrogens (tertiary/aromatic N) is 2. The van der Waals surface area contributed by atoms with Gasteiger partial charge >= 0.3 is 5.97 Å². The molecule has 0 bridgehead atoms. The number of imidazole rings is 1. The molecule has 11 heavy (non-hydrogen) atoms. The van der Waals surface area contributed by atoms with Gasteiger partial charge in [-0.15, -0.1) is 0 Å². The summed E-state index contributed by atoms with van der Waals surface area (Å²) in [5, 5.41) is 8.25. The number of aromatic nitrogens is 2. The quantitative estimate of drug-likeness (QED) is 0.690. The van der Waals surface area contributed by atoms with Gasteiger partial charge in [-0.05, 0) is 6.92 Å². The number of rotatable bonds is 2. The van der Waals surface area contributed by atoms with Crippen molar-refractivity contribution in [2.45, 2.75) is 13.2 Å². The Morgan fingerprint density at radius 1 is 1.91 bits per heavy atom. The van der Waals surface area contributed by atoms with Crippen molar-refractivity contribution in [3.63, 3.8) is 0 Å². The molecule has 0 saturated heterocycles. The van der Waals surface area contributed by atoms with Gasteiger partial charge in [-0.3, -0.25) is 4.57 Å². The zero-order valence-electron chi connectivity index (χ0n) is 5.86. The van der Waals surface area contributed by atoms with E-state index in [0.717, 1.165) is 4.57 Å². The minimum atomic E-state index is -2.03. The topological polar surface area (TPSA) is 55.1 Å². The van der Waals surface area contributed by atoms with Gasteiger partial charge in [0.25, 0.3) is 6.30 Å². The van der Waals surface area contributed by atoms with Crippen molar-refractivity contribution in [1.29, 1.82) is 0 Å². The second-order valence-corrected chi connectivity index (χ2v) is 2.06. The van der Waals surface area contributed by atoms with Gasteiger partial charge in [0.05, 0.1) is 0 Å². The van der Waals surface area contributed by atoms with E-state index in [1.54, 1.807) is 0 Å². The molecule has 0 saturated carbocycles. The predicted octanol–water partition coefficient (Wildman–Crippen LogP) is 0.744. The number of halogens is 1. The van der Waals surface area contributed by atoms with Gasteiger partial charge in [0.1, 0.15) is 5.82 Å². The third-order valence-corrected chi connectivity index (χ3v) is 1.31. The van der Waals surface area contributed by atoms with Crippen LogP contribution < -0.4 is 0 Å². The minimum Gasteiger partial charge on any atom is -0.478 e. The highest BCUT2D eigenvalue weighted by Crippen LogP contribution is 2.09. The standard InChI is InChI=1S/C6H7FN2O2/c1-4-8-2-3-9(4)5(7)6(10)11/h2-3,5H,1H3,(H,10,11). The lowest BCUT2D eigenvalue weighted by Gasteiger charge is -2.04. The van der Waals surface area contributed by atoms with E-state index in [0.29, 0.717) is 5.82 Å². The molecule has 60 valence electrons. The van der Waals surface area contributed by atoms with Gasteiger partial charge in [0.15, 0.2) is 0 Å². The Morgan fingerprint density at radius 3 is 2.91 bits per heavy atom. The summed E-state index contributed by atoms with van der Waals surface area (Å²) < 4.78 is 13.6. The molecule has 4 nitrogen and oxygen atoms in total. The van der Waals surface area contributed by atoms with Crippen molar-refractivity contribution < 1.29 is 14.3 Å². The largest absolute Gasteiger partial charge is 0.478 e. The van der Waals surface area contributed by atoms with Gasteiger partial charge in [0, 0.05) is 12.4 Å². The zero-order valence-corrected chi connectivity index (χ0v) is 5.86. The lowest BCUT2D eigenvalue weighted by atomic mass is 10.5. The number of hydrogen-bond acceptors (Lipinski definition) is 2. The van der Waals surface area contributed by atoms with Crippen LogP contribution in [0.1, 0.15) is 12.1 Å². The monoisotopic (exact) mass is 158 g/mol. The maximum Gasteiger partial charge on any atom is 0.359 e. The number of aliphatic carboxylic acids is 1. The molecule has 1 rings (SSSR count). The Labute approximate surface area is 62.3 Å². The fraction of sp³-hybridized carbons (Fsp3) is 0.333. The second kappa shape index (κ2) is 2.69. The first-order valence-electron chi connectivity index (χ1n) is 2.99. The number of carboxylic acids is 1. The zero-order chi connectivity index (χ0) is 8.43. The molecule has 1 aromatic heterocycles. The van der Waals surface area contributed by atoms with Crippen molar-refractivity contribution in [3.8, 4) is 0 Å². The summed E-state index contributed by atoms with van der Waals surface area (Å²) >= 11 is 0. The lowest BCUT2D eigenvalue weighted by molar-refractivity contribution is -0.146. The van der Waals surface area contributed by atoms with Crippen LogP contribution in [0, 0.1) is 6.92 Å². The van der Waals surface area contributed by atoms with Crippen molar-refractivity contribution in [3.05, 3.63) is 18.2 Å². The van der Waals surface area contributed by atoms with Crippen molar-refractivity contribution in [2.24, 2.45) is 0 Å². The molecule has 1 N–H and O–H groups in total. The van der Waals surface area contributed by atoms with E-state index in [1.165, 1.54) is 19.3 Å². The van der Waals surface area contributed by atoms with Crippen molar-refractivity contribution in [1.82, 2.24) is 9.55 Å². The summed E-state index contributed by atoms with van der Waals surface area (Å²) in [6.45, 7) is 1.54. The van der Waals surface area contributed by atoms with E-state index < -0.39 is 12.3 Å². The fourth-order valence-corrected chi connectivity index (χ4v) is 0.746. The Balaban J connectivity index is 2.92. The Bertz CT molecular complexity index is 271. The molecule has 0 aliphatic heterocycles. The first kappa shape index (κ1) is 7.71. The van der Waals surface area contributed by atoms with Crippen LogP contribution in [0.4, 0.5) is 4.39 Å². The molecule has 0 radical (unpaired) electrons. The average Bonchev–Trinajstić information content (AvgIpc) is 2.33. The maximum atomic E-state index is 12.7. The molecule has 0 fully saturated rings. The molecule has 0 amide bonds. The first-order valence-corrected chi connectivity index (χ1v) is 2.99.